The number of hydrogen-bond donors (Lipinski definition) is 2. The second kappa shape index (κ2) is 7.70. The lowest BCUT2D eigenvalue weighted by Crippen LogP contribution is -2.60. The van der Waals surface area contributed by atoms with E-state index in [1.807, 2.05) is 0 Å². The molecule has 0 aliphatic heterocycles. The van der Waals surface area contributed by atoms with Gasteiger partial charge in [-0.3, -0.25) is 0 Å². The molecular weight excluding hydrogens is 316 g/mol. The third-order valence-electron chi connectivity index (χ3n) is 5.71. The van der Waals surface area contributed by atoms with Crippen molar-refractivity contribution in [3.05, 3.63) is 52.6 Å². The molecular formula is C24H38N2. The van der Waals surface area contributed by atoms with Gasteiger partial charge in [0.15, 0.2) is 0 Å². The molecule has 0 radical (unpaired) electrons. The molecule has 0 aromatic heterocycles. The standard InChI is InChI=1S/C24H38N2/c1-14(2)18-9-19(15(3)4)11-20(10-18)21-12-22(16(5)6)24(25,26)23(13-21)17(7)8/h9-17,22H,25-26H2,1-8H3. The van der Waals surface area contributed by atoms with Gasteiger partial charge in [-0.1, -0.05) is 85.7 Å². The molecule has 0 saturated carbocycles. The van der Waals surface area contributed by atoms with Gasteiger partial charge >= 0.3 is 0 Å². The zero-order valence-electron chi connectivity index (χ0n) is 17.9. The fraction of sp³-hybridized carbons (Fsp3) is 0.583. The summed E-state index contributed by atoms with van der Waals surface area (Å²) in [6.45, 7) is 17.8. The van der Waals surface area contributed by atoms with Crippen molar-refractivity contribution in [3.8, 4) is 0 Å². The van der Waals surface area contributed by atoms with Crippen molar-refractivity contribution in [2.24, 2.45) is 29.2 Å². The second-order valence-corrected chi connectivity index (χ2v) is 9.28. The van der Waals surface area contributed by atoms with Crippen molar-refractivity contribution in [2.45, 2.75) is 72.9 Å². The van der Waals surface area contributed by atoms with Crippen molar-refractivity contribution >= 4 is 5.57 Å². The molecule has 0 heterocycles. The molecule has 4 N–H and O–H groups in total. The van der Waals surface area contributed by atoms with Crippen LogP contribution in [0.4, 0.5) is 0 Å². The van der Waals surface area contributed by atoms with Crippen LogP contribution in [0.25, 0.3) is 5.57 Å². The van der Waals surface area contributed by atoms with Gasteiger partial charge in [0.05, 0.1) is 5.66 Å². The molecule has 0 fully saturated rings. The zero-order valence-corrected chi connectivity index (χ0v) is 17.9. The molecule has 144 valence electrons. The third kappa shape index (κ3) is 4.13. The molecule has 1 unspecified atom stereocenters. The molecule has 0 saturated heterocycles. The van der Waals surface area contributed by atoms with E-state index in [4.69, 9.17) is 11.5 Å². The predicted molar refractivity (Wildman–Crippen MR) is 115 cm³/mol. The van der Waals surface area contributed by atoms with Crippen molar-refractivity contribution in [1.82, 2.24) is 0 Å². The summed E-state index contributed by atoms with van der Waals surface area (Å²) in [6.07, 6.45) is 4.55. The molecule has 1 aromatic rings. The summed E-state index contributed by atoms with van der Waals surface area (Å²) in [4.78, 5) is 0. The van der Waals surface area contributed by atoms with Crippen LogP contribution in [0.1, 0.15) is 83.9 Å². The number of allylic oxidation sites excluding steroid dienone is 2. The monoisotopic (exact) mass is 354 g/mol. The predicted octanol–water partition coefficient (Wildman–Crippen LogP) is 5.80. The Hall–Kier alpha value is -1.38. The summed E-state index contributed by atoms with van der Waals surface area (Å²) < 4.78 is 0. The lowest BCUT2D eigenvalue weighted by Gasteiger charge is -2.42. The summed E-state index contributed by atoms with van der Waals surface area (Å²) in [5, 5.41) is 0. The second-order valence-electron chi connectivity index (χ2n) is 9.28. The van der Waals surface area contributed by atoms with Crippen LogP contribution in [0.2, 0.25) is 0 Å². The summed E-state index contributed by atoms with van der Waals surface area (Å²) >= 11 is 0. The molecule has 2 heteroatoms. The van der Waals surface area contributed by atoms with E-state index in [0.717, 1.165) is 5.57 Å². The Labute approximate surface area is 160 Å². The van der Waals surface area contributed by atoms with Gasteiger partial charge in [-0.2, -0.15) is 0 Å². The van der Waals surface area contributed by atoms with Crippen molar-refractivity contribution < 1.29 is 0 Å². The Morgan fingerprint density at radius 2 is 1.27 bits per heavy atom. The highest BCUT2D eigenvalue weighted by molar-refractivity contribution is 5.78. The van der Waals surface area contributed by atoms with Gasteiger partial charge in [0, 0.05) is 5.92 Å². The first-order chi connectivity index (χ1) is 11.9. The molecule has 0 spiro atoms. The van der Waals surface area contributed by atoms with Crippen LogP contribution in [-0.4, -0.2) is 5.66 Å². The minimum Gasteiger partial charge on any atom is -0.309 e. The maximum atomic E-state index is 6.63. The highest BCUT2D eigenvalue weighted by Gasteiger charge is 2.39. The summed E-state index contributed by atoms with van der Waals surface area (Å²) in [5.41, 5.74) is 19.0. The Morgan fingerprint density at radius 1 is 0.769 bits per heavy atom. The fourth-order valence-corrected chi connectivity index (χ4v) is 3.96. The van der Waals surface area contributed by atoms with Gasteiger partial charge in [0.25, 0.3) is 0 Å². The van der Waals surface area contributed by atoms with E-state index < -0.39 is 5.66 Å². The molecule has 1 aliphatic rings. The van der Waals surface area contributed by atoms with E-state index in [1.165, 1.54) is 22.3 Å². The van der Waals surface area contributed by atoms with Crippen molar-refractivity contribution in [1.29, 1.82) is 0 Å². The van der Waals surface area contributed by atoms with E-state index >= 15 is 0 Å². The summed E-state index contributed by atoms with van der Waals surface area (Å²) in [5.74, 6) is 1.86. The molecule has 1 aliphatic carbocycles. The topological polar surface area (TPSA) is 52.0 Å². The average Bonchev–Trinajstić information content (AvgIpc) is 2.53. The first-order valence-corrected chi connectivity index (χ1v) is 10.1. The summed E-state index contributed by atoms with van der Waals surface area (Å²) in [7, 11) is 0. The van der Waals surface area contributed by atoms with E-state index in [9.17, 15) is 0 Å². The van der Waals surface area contributed by atoms with Crippen LogP contribution in [0, 0.1) is 17.8 Å². The molecule has 0 amide bonds. The fourth-order valence-electron chi connectivity index (χ4n) is 3.96. The van der Waals surface area contributed by atoms with Crippen LogP contribution in [-0.2, 0) is 0 Å². The largest absolute Gasteiger partial charge is 0.309 e. The average molecular weight is 355 g/mol. The smallest absolute Gasteiger partial charge is 0.0931 e. The molecule has 1 aromatic carbocycles. The molecule has 2 nitrogen and oxygen atoms in total. The Morgan fingerprint density at radius 3 is 1.65 bits per heavy atom. The molecule has 0 bridgehead atoms. The minimum atomic E-state index is -0.775. The van der Waals surface area contributed by atoms with Gasteiger partial charge in [0.1, 0.15) is 0 Å². The van der Waals surface area contributed by atoms with Gasteiger partial charge in [-0.05, 0) is 51.5 Å². The van der Waals surface area contributed by atoms with Crippen molar-refractivity contribution in [3.63, 3.8) is 0 Å². The summed E-state index contributed by atoms with van der Waals surface area (Å²) in [6, 6.07) is 7.04. The molecule has 26 heavy (non-hydrogen) atoms. The Kier molecular flexibility index (Phi) is 6.20. The number of rotatable bonds is 5. The van der Waals surface area contributed by atoms with Crippen LogP contribution >= 0.6 is 0 Å². The van der Waals surface area contributed by atoms with E-state index in [-0.39, 0.29) is 5.92 Å². The zero-order chi connectivity index (χ0) is 19.8. The van der Waals surface area contributed by atoms with Gasteiger partial charge in [0.2, 0.25) is 0 Å². The molecule has 1 atom stereocenters. The van der Waals surface area contributed by atoms with Gasteiger partial charge < -0.3 is 11.5 Å². The number of benzene rings is 1. The first kappa shape index (κ1) is 20.9. The lowest BCUT2D eigenvalue weighted by atomic mass is 9.71. The van der Waals surface area contributed by atoms with E-state index in [2.05, 4.69) is 85.7 Å². The maximum absolute atomic E-state index is 6.63. The third-order valence-corrected chi connectivity index (χ3v) is 5.71. The van der Waals surface area contributed by atoms with Crippen LogP contribution in [0.15, 0.2) is 35.9 Å². The number of nitrogens with two attached hydrogens (primary N) is 2. The highest BCUT2D eigenvalue weighted by atomic mass is 15.0. The normalized spacial score (nSPS) is 20.2. The first-order valence-electron chi connectivity index (χ1n) is 10.1. The van der Waals surface area contributed by atoms with Gasteiger partial charge in [-0.25, -0.2) is 0 Å². The van der Waals surface area contributed by atoms with E-state index in [1.54, 1.807) is 0 Å². The highest BCUT2D eigenvalue weighted by Crippen LogP contribution is 2.39. The Bertz CT molecular complexity index is 677. The van der Waals surface area contributed by atoms with Crippen LogP contribution in [0.5, 0.6) is 0 Å². The lowest BCUT2D eigenvalue weighted by molar-refractivity contribution is 0.286. The van der Waals surface area contributed by atoms with Crippen molar-refractivity contribution in [2.75, 3.05) is 0 Å². The van der Waals surface area contributed by atoms with E-state index in [0.29, 0.717) is 23.7 Å². The Balaban J connectivity index is 2.66. The SMILES string of the molecule is CC(C)C1=CC(c2cc(C(C)C)cc(C(C)C)c2)=CC(C(C)C)C1(N)N. The molecule has 2 rings (SSSR count). The van der Waals surface area contributed by atoms with Gasteiger partial charge in [-0.15, -0.1) is 0 Å². The minimum absolute atomic E-state index is 0.130. The van der Waals surface area contributed by atoms with Crippen LogP contribution in [0.3, 0.4) is 0 Å². The quantitative estimate of drug-likeness (QED) is 0.657. The maximum Gasteiger partial charge on any atom is 0.0931 e. The van der Waals surface area contributed by atoms with Crippen LogP contribution < -0.4 is 11.5 Å². The number of hydrogen-bond acceptors (Lipinski definition) is 2.